The van der Waals surface area contributed by atoms with Crippen LogP contribution in [0.5, 0.6) is 17.2 Å². The molecular formula is C11H14N2O4. The predicted molar refractivity (Wildman–Crippen MR) is 61.6 cm³/mol. The first-order valence-electron chi connectivity index (χ1n) is 5.13. The van der Waals surface area contributed by atoms with Gasteiger partial charge in [0.05, 0.1) is 19.9 Å². The van der Waals surface area contributed by atoms with E-state index in [-0.39, 0.29) is 12.5 Å². The third kappa shape index (κ3) is 1.99. The largest absolute Gasteiger partial charge is 0.493 e. The highest BCUT2D eigenvalue weighted by atomic mass is 16.5. The van der Waals surface area contributed by atoms with E-state index in [2.05, 4.69) is 5.32 Å². The van der Waals surface area contributed by atoms with Crippen LogP contribution < -0.4 is 25.3 Å². The Labute approximate surface area is 98.6 Å². The van der Waals surface area contributed by atoms with Gasteiger partial charge in [0.1, 0.15) is 5.75 Å². The normalized spacial score (nSPS) is 17.8. The van der Waals surface area contributed by atoms with Crippen LogP contribution in [0, 0.1) is 0 Å². The van der Waals surface area contributed by atoms with Gasteiger partial charge in [0.2, 0.25) is 0 Å². The van der Waals surface area contributed by atoms with Crippen LogP contribution in [0.25, 0.3) is 0 Å². The second kappa shape index (κ2) is 4.50. The molecule has 0 aromatic heterocycles. The molecule has 1 atom stereocenters. The lowest BCUT2D eigenvalue weighted by Gasteiger charge is -2.25. The Morgan fingerprint density at radius 1 is 1.35 bits per heavy atom. The second-order valence-electron chi connectivity index (χ2n) is 3.53. The van der Waals surface area contributed by atoms with Crippen molar-refractivity contribution in [3.8, 4) is 17.2 Å². The number of anilines is 1. The summed E-state index contributed by atoms with van der Waals surface area (Å²) in [5.41, 5.74) is 5.99. The standard InChI is InChI=1S/C11H14N2O4/c1-15-8-3-6-7(4-9(8)16-2)17-10(5-12)11(14)13-6/h3-4,10H,5,12H2,1-2H3,(H,13,14). The average Bonchev–Trinajstić information content (AvgIpc) is 2.36. The van der Waals surface area contributed by atoms with Gasteiger partial charge in [-0.15, -0.1) is 0 Å². The van der Waals surface area contributed by atoms with Crippen molar-refractivity contribution in [2.24, 2.45) is 5.73 Å². The van der Waals surface area contributed by atoms with E-state index < -0.39 is 6.10 Å². The highest BCUT2D eigenvalue weighted by Gasteiger charge is 2.27. The van der Waals surface area contributed by atoms with Gasteiger partial charge < -0.3 is 25.3 Å². The van der Waals surface area contributed by atoms with Crippen molar-refractivity contribution in [2.75, 3.05) is 26.1 Å². The van der Waals surface area contributed by atoms with E-state index in [1.165, 1.54) is 14.2 Å². The second-order valence-corrected chi connectivity index (χ2v) is 3.53. The van der Waals surface area contributed by atoms with E-state index in [1.807, 2.05) is 0 Å². The molecule has 1 aliphatic heterocycles. The summed E-state index contributed by atoms with van der Waals surface area (Å²) >= 11 is 0. The zero-order valence-electron chi connectivity index (χ0n) is 9.65. The van der Waals surface area contributed by atoms with Crippen molar-refractivity contribution in [2.45, 2.75) is 6.10 Å². The van der Waals surface area contributed by atoms with Crippen LogP contribution in [-0.4, -0.2) is 32.8 Å². The Hall–Kier alpha value is -1.95. The van der Waals surface area contributed by atoms with Crippen LogP contribution in [0.2, 0.25) is 0 Å². The molecule has 1 heterocycles. The molecule has 1 aromatic carbocycles. The van der Waals surface area contributed by atoms with Crippen molar-refractivity contribution in [1.82, 2.24) is 0 Å². The molecule has 0 saturated heterocycles. The van der Waals surface area contributed by atoms with Crippen LogP contribution >= 0.6 is 0 Å². The van der Waals surface area contributed by atoms with Crippen molar-refractivity contribution < 1.29 is 19.0 Å². The quantitative estimate of drug-likeness (QED) is 0.794. The minimum Gasteiger partial charge on any atom is -0.493 e. The summed E-state index contributed by atoms with van der Waals surface area (Å²) in [7, 11) is 3.06. The molecule has 0 radical (unpaired) electrons. The Morgan fingerprint density at radius 3 is 2.59 bits per heavy atom. The molecule has 0 fully saturated rings. The molecule has 3 N–H and O–H groups in total. The van der Waals surface area contributed by atoms with Gasteiger partial charge in [0, 0.05) is 18.7 Å². The molecule has 0 bridgehead atoms. The SMILES string of the molecule is COc1cc2c(cc1OC)OC(CN)C(=O)N2. The molecule has 1 amide bonds. The maximum atomic E-state index is 11.6. The first-order chi connectivity index (χ1) is 8.19. The van der Waals surface area contributed by atoms with Crippen molar-refractivity contribution in [3.63, 3.8) is 0 Å². The van der Waals surface area contributed by atoms with Crippen molar-refractivity contribution >= 4 is 11.6 Å². The first-order valence-corrected chi connectivity index (χ1v) is 5.13. The van der Waals surface area contributed by atoms with Gasteiger partial charge in [-0.05, 0) is 0 Å². The fourth-order valence-electron chi connectivity index (χ4n) is 1.63. The monoisotopic (exact) mass is 238 g/mol. The van der Waals surface area contributed by atoms with Crippen molar-refractivity contribution in [1.29, 1.82) is 0 Å². The summed E-state index contributed by atoms with van der Waals surface area (Å²) in [5.74, 6) is 1.34. The summed E-state index contributed by atoms with van der Waals surface area (Å²) < 4.78 is 15.7. The Bertz CT molecular complexity index is 447. The lowest BCUT2D eigenvalue weighted by Crippen LogP contribution is -2.42. The Kier molecular flexibility index (Phi) is 3.06. The average molecular weight is 238 g/mol. The van der Waals surface area contributed by atoms with Gasteiger partial charge in [0.15, 0.2) is 17.6 Å². The third-order valence-corrected chi connectivity index (χ3v) is 2.52. The zero-order valence-corrected chi connectivity index (χ0v) is 9.65. The number of hydrogen-bond acceptors (Lipinski definition) is 5. The molecule has 1 aliphatic rings. The number of amides is 1. The fraction of sp³-hybridized carbons (Fsp3) is 0.364. The number of benzene rings is 1. The molecule has 1 aromatic rings. The molecule has 6 heteroatoms. The van der Waals surface area contributed by atoms with Gasteiger partial charge >= 0.3 is 0 Å². The number of hydrogen-bond donors (Lipinski definition) is 2. The molecule has 17 heavy (non-hydrogen) atoms. The van der Waals surface area contributed by atoms with Gasteiger partial charge in [0.25, 0.3) is 5.91 Å². The number of carbonyl (C=O) groups excluding carboxylic acids is 1. The predicted octanol–water partition coefficient (Wildman–Crippen LogP) is 0.362. The Balaban J connectivity index is 2.41. The van der Waals surface area contributed by atoms with E-state index >= 15 is 0 Å². The van der Waals surface area contributed by atoms with Gasteiger partial charge in [-0.25, -0.2) is 0 Å². The number of carbonyl (C=O) groups is 1. The maximum Gasteiger partial charge on any atom is 0.266 e. The number of nitrogens with two attached hydrogens (primary N) is 1. The summed E-state index contributed by atoms with van der Waals surface area (Å²) in [4.78, 5) is 11.6. The van der Waals surface area contributed by atoms with E-state index in [0.29, 0.717) is 22.9 Å². The van der Waals surface area contributed by atoms with Gasteiger partial charge in [-0.1, -0.05) is 0 Å². The zero-order chi connectivity index (χ0) is 12.4. The Morgan fingerprint density at radius 2 is 2.00 bits per heavy atom. The molecule has 1 unspecified atom stereocenters. The first kappa shape index (κ1) is 11.5. The number of rotatable bonds is 3. The van der Waals surface area contributed by atoms with E-state index in [0.717, 1.165) is 0 Å². The number of methoxy groups -OCH3 is 2. The van der Waals surface area contributed by atoms with Gasteiger partial charge in [-0.2, -0.15) is 0 Å². The van der Waals surface area contributed by atoms with E-state index in [4.69, 9.17) is 19.9 Å². The van der Waals surface area contributed by atoms with E-state index in [1.54, 1.807) is 12.1 Å². The number of nitrogens with one attached hydrogen (secondary N) is 1. The number of ether oxygens (including phenoxy) is 3. The molecule has 6 nitrogen and oxygen atoms in total. The molecule has 0 aliphatic carbocycles. The van der Waals surface area contributed by atoms with E-state index in [9.17, 15) is 4.79 Å². The lowest BCUT2D eigenvalue weighted by molar-refractivity contribution is -0.123. The molecule has 0 spiro atoms. The van der Waals surface area contributed by atoms with Gasteiger partial charge in [-0.3, -0.25) is 4.79 Å². The lowest BCUT2D eigenvalue weighted by atomic mass is 10.2. The highest BCUT2D eigenvalue weighted by Crippen LogP contribution is 2.39. The summed E-state index contributed by atoms with van der Waals surface area (Å²) in [6.45, 7) is 0.125. The highest BCUT2D eigenvalue weighted by molar-refractivity contribution is 5.98. The smallest absolute Gasteiger partial charge is 0.266 e. The molecular weight excluding hydrogens is 224 g/mol. The van der Waals surface area contributed by atoms with Crippen LogP contribution in [-0.2, 0) is 4.79 Å². The third-order valence-electron chi connectivity index (χ3n) is 2.52. The summed E-state index contributed by atoms with van der Waals surface area (Å²) in [5, 5.41) is 2.71. The minimum atomic E-state index is -0.666. The molecule has 92 valence electrons. The topological polar surface area (TPSA) is 82.8 Å². The summed E-state index contributed by atoms with van der Waals surface area (Å²) in [6, 6.07) is 3.31. The van der Waals surface area contributed by atoms with Crippen LogP contribution in [0.4, 0.5) is 5.69 Å². The number of fused-ring (bicyclic) bond motifs is 1. The van der Waals surface area contributed by atoms with Crippen LogP contribution in [0.3, 0.4) is 0 Å². The summed E-state index contributed by atoms with van der Waals surface area (Å²) in [6.07, 6.45) is -0.666. The fourth-order valence-corrected chi connectivity index (χ4v) is 1.63. The van der Waals surface area contributed by atoms with Crippen molar-refractivity contribution in [3.05, 3.63) is 12.1 Å². The van der Waals surface area contributed by atoms with Crippen LogP contribution in [0.15, 0.2) is 12.1 Å². The molecule has 2 rings (SSSR count). The molecule has 0 saturated carbocycles. The van der Waals surface area contributed by atoms with Crippen LogP contribution in [0.1, 0.15) is 0 Å². The minimum absolute atomic E-state index is 0.125. The maximum absolute atomic E-state index is 11.6.